The van der Waals surface area contributed by atoms with E-state index in [2.05, 4.69) is 5.32 Å². The number of halogens is 3. The highest BCUT2D eigenvalue weighted by molar-refractivity contribution is 5.51. The lowest BCUT2D eigenvalue weighted by molar-refractivity contribution is -0.137. The number of aliphatic hydroxyl groups is 1. The topological polar surface area (TPSA) is 58.3 Å². The number of rotatable bonds is 2. The Labute approximate surface area is 103 Å². The normalized spacial score (nSPS) is 22.1. The summed E-state index contributed by atoms with van der Waals surface area (Å²) >= 11 is 0. The van der Waals surface area contributed by atoms with Crippen molar-refractivity contribution < 1.29 is 18.3 Å². The van der Waals surface area contributed by atoms with Gasteiger partial charge in [0.15, 0.2) is 0 Å². The minimum atomic E-state index is -4.41. The van der Waals surface area contributed by atoms with Gasteiger partial charge in [-0.15, -0.1) is 0 Å². The van der Waals surface area contributed by atoms with Crippen molar-refractivity contribution in [2.45, 2.75) is 18.7 Å². The second-order valence-electron chi connectivity index (χ2n) is 4.54. The average Bonchev–Trinajstić information content (AvgIpc) is 2.80. The molecule has 100 valence electrons. The molecule has 3 nitrogen and oxygen atoms in total. The van der Waals surface area contributed by atoms with Crippen molar-refractivity contribution in [2.75, 3.05) is 18.8 Å². The Morgan fingerprint density at radius 3 is 2.61 bits per heavy atom. The minimum Gasteiger partial charge on any atom is -0.398 e. The predicted octanol–water partition coefficient (Wildman–Crippen LogP) is 1.93. The van der Waals surface area contributed by atoms with Crippen molar-refractivity contribution in [3.8, 4) is 0 Å². The number of hydrogen-bond donors (Lipinski definition) is 3. The summed E-state index contributed by atoms with van der Waals surface area (Å²) in [5.74, 6) is 0.00374. The van der Waals surface area contributed by atoms with E-state index in [1.54, 1.807) is 0 Å². The van der Waals surface area contributed by atoms with Crippen LogP contribution in [0.2, 0.25) is 0 Å². The second-order valence-corrected chi connectivity index (χ2v) is 4.54. The lowest BCUT2D eigenvalue weighted by atomic mass is 9.93. The molecule has 18 heavy (non-hydrogen) atoms. The number of alkyl halides is 3. The van der Waals surface area contributed by atoms with Crippen LogP contribution >= 0.6 is 0 Å². The zero-order valence-electron chi connectivity index (χ0n) is 9.67. The van der Waals surface area contributed by atoms with Gasteiger partial charge in [-0.2, -0.15) is 13.2 Å². The third kappa shape index (κ3) is 2.59. The van der Waals surface area contributed by atoms with E-state index in [1.807, 2.05) is 0 Å². The fourth-order valence-corrected chi connectivity index (χ4v) is 2.22. The van der Waals surface area contributed by atoms with Crippen LogP contribution in [0.3, 0.4) is 0 Å². The van der Waals surface area contributed by atoms with Crippen molar-refractivity contribution in [2.24, 2.45) is 5.92 Å². The molecular weight excluding hydrogens is 245 g/mol. The van der Waals surface area contributed by atoms with E-state index >= 15 is 0 Å². The molecule has 1 saturated heterocycles. The van der Waals surface area contributed by atoms with Crippen molar-refractivity contribution in [3.63, 3.8) is 0 Å². The Hall–Kier alpha value is -1.27. The first kappa shape index (κ1) is 13.2. The molecule has 0 aromatic heterocycles. The van der Waals surface area contributed by atoms with Crippen LogP contribution in [0.25, 0.3) is 0 Å². The van der Waals surface area contributed by atoms with Crippen LogP contribution in [0.5, 0.6) is 0 Å². The molecule has 1 fully saturated rings. The number of anilines is 1. The van der Waals surface area contributed by atoms with Gasteiger partial charge in [0.1, 0.15) is 0 Å². The van der Waals surface area contributed by atoms with Crippen molar-refractivity contribution >= 4 is 5.69 Å². The van der Waals surface area contributed by atoms with Crippen LogP contribution in [-0.4, -0.2) is 18.2 Å². The smallest absolute Gasteiger partial charge is 0.398 e. The Bertz CT molecular complexity index is 428. The summed E-state index contributed by atoms with van der Waals surface area (Å²) in [6.45, 7) is 1.46. The number of hydrogen-bond acceptors (Lipinski definition) is 3. The number of nitrogens with two attached hydrogens (primary N) is 1. The SMILES string of the molecule is Nc1cc(C(F)(F)F)ccc1C(O)C1CCNC1. The van der Waals surface area contributed by atoms with E-state index < -0.39 is 17.8 Å². The highest BCUT2D eigenvalue weighted by atomic mass is 19.4. The van der Waals surface area contributed by atoms with Crippen molar-refractivity contribution in [1.29, 1.82) is 0 Å². The first-order valence-corrected chi connectivity index (χ1v) is 5.75. The largest absolute Gasteiger partial charge is 0.416 e. The van der Waals surface area contributed by atoms with Gasteiger partial charge in [-0.05, 0) is 25.1 Å². The maximum atomic E-state index is 12.5. The quantitative estimate of drug-likeness (QED) is 0.712. The Morgan fingerprint density at radius 2 is 2.11 bits per heavy atom. The molecule has 2 unspecified atom stereocenters. The van der Waals surface area contributed by atoms with E-state index in [-0.39, 0.29) is 11.6 Å². The van der Waals surface area contributed by atoms with Gasteiger partial charge in [0.2, 0.25) is 0 Å². The Morgan fingerprint density at radius 1 is 1.39 bits per heavy atom. The molecule has 0 spiro atoms. The van der Waals surface area contributed by atoms with Crippen LogP contribution in [0.1, 0.15) is 23.7 Å². The number of nitrogens with one attached hydrogen (secondary N) is 1. The summed E-state index contributed by atoms with van der Waals surface area (Å²) in [7, 11) is 0. The maximum Gasteiger partial charge on any atom is 0.416 e. The molecule has 1 aliphatic rings. The van der Waals surface area contributed by atoms with Gasteiger partial charge in [-0.1, -0.05) is 6.07 Å². The van der Waals surface area contributed by atoms with Gasteiger partial charge in [0.05, 0.1) is 11.7 Å². The first-order valence-electron chi connectivity index (χ1n) is 5.75. The van der Waals surface area contributed by atoms with E-state index in [4.69, 9.17) is 5.73 Å². The number of benzene rings is 1. The summed E-state index contributed by atoms with van der Waals surface area (Å²) in [6.07, 6.45) is -4.43. The summed E-state index contributed by atoms with van der Waals surface area (Å²) in [5, 5.41) is 13.2. The summed E-state index contributed by atoms with van der Waals surface area (Å²) in [5.41, 5.74) is 5.18. The van der Waals surface area contributed by atoms with Gasteiger partial charge < -0.3 is 16.2 Å². The lowest BCUT2D eigenvalue weighted by Gasteiger charge is -2.20. The molecule has 0 bridgehead atoms. The van der Waals surface area contributed by atoms with E-state index in [1.165, 1.54) is 6.07 Å². The standard InChI is InChI=1S/C12H15F3N2O/c13-12(14,15)8-1-2-9(10(16)5-8)11(18)7-3-4-17-6-7/h1-2,5,7,11,17-18H,3-4,6,16H2. The van der Waals surface area contributed by atoms with Gasteiger partial charge in [0.25, 0.3) is 0 Å². The third-order valence-electron chi connectivity index (χ3n) is 3.28. The van der Waals surface area contributed by atoms with Crippen LogP contribution in [-0.2, 0) is 6.18 Å². The molecular formula is C12H15F3N2O. The molecule has 2 rings (SSSR count). The zero-order valence-corrected chi connectivity index (χ0v) is 9.67. The molecule has 1 aliphatic heterocycles. The molecule has 1 aromatic rings. The third-order valence-corrected chi connectivity index (χ3v) is 3.28. The summed E-state index contributed by atoms with van der Waals surface area (Å²) in [6, 6.07) is 3.10. The van der Waals surface area contributed by atoms with Gasteiger partial charge in [-0.3, -0.25) is 0 Å². The molecule has 1 heterocycles. The molecule has 2 atom stereocenters. The van der Waals surface area contributed by atoms with Gasteiger partial charge >= 0.3 is 6.18 Å². The summed E-state index contributed by atoms with van der Waals surface area (Å²) < 4.78 is 37.4. The van der Waals surface area contributed by atoms with Crippen molar-refractivity contribution in [1.82, 2.24) is 5.32 Å². The average molecular weight is 260 g/mol. The molecule has 4 N–H and O–H groups in total. The molecule has 0 aliphatic carbocycles. The fourth-order valence-electron chi connectivity index (χ4n) is 2.22. The number of aliphatic hydroxyl groups excluding tert-OH is 1. The predicted molar refractivity (Wildman–Crippen MR) is 61.8 cm³/mol. The Balaban J connectivity index is 2.24. The maximum absolute atomic E-state index is 12.5. The first-order chi connectivity index (χ1) is 8.39. The van der Waals surface area contributed by atoms with Gasteiger partial charge in [-0.25, -0.2) is 0 Å². The van der Waals surface area contributed by atoms with Crippen LogP contribution < -0.4 is 11.1 Å². The van der Waals surface area contributed by atoms with E-state index in [0.717, 1.165) is 25.1 Å². The fraction of sp³-hybridized carbons (Fsp3) is 0.500. The van der Waals surface area contributed by atoms with Crippen LogP contribution in [0.4, 0.5) is 18.9 Å². The molecule has 0 saturated carbocycles. The van der Waals surface area contributed by atoms with Crippen LogP contribution in [0.15, 0.2) is 18.2 Å². The highest BCUT2D eigenvalue weighted by Crippen LogP contribution is 2.35. The highest BCUT2D eigenvalue weighted by Gasteiger charge is 2.32. The minimum absolute atomic E-state index is 0.00374. The second kappa shape index (κ2) is 4.78. The summed E-state index contributed by atoms with van der Waals surface area (Å²) in [4.78, 5) is 0. The monoisotopic (exact) mass is 260 g/mol. The number of nitrogen functional groups attached to an aromatic ring is 1. The van der Waals surface area contributed by atoms with E-state index in [9.17, 15) is 18.3 Å². The molecule has 6 heteroatoms. The zero-order chi connectivity index (χ0) is 13.3. The van der Waals surface area contributed by atoms with Crippen LogP contribution in [0, 0.1) is 5.92 Å². The van der Waals surface area contributed by atoms with E-state index in [0.29, 0.717) is 12.1 Å². The lowest BCUT2D eigenvalue weighted by Crippen LogP contribution is -2.17. The van der Waals surface area contributed by atoms with Crippen molar-refractivity contribution in [3.05, 3.63) is 29.3 Å². The molecule has 0 radical (unpaired) electrons. The molecule has 0 amide bonds. The Kier molecular flexibility index (Phi) is 3.49. The van der Waals surface area contributed by atoms with Gasteiger partial charge in [0, 0.05) is 23.7 Å². The molecule has 1 aromatic carbocycles.